The fourth-order valence-electron chi connectivity index (χ4n) is 3.53. The number of aliphatic hydroxyl groups excluding tert-OH is 1. The molecule has 2 aliphatic rings. The summed E-state index contributed by atoms with van der Waals surface area (Å²) in [5, 5.41) is 22.2. The minimum absolute atomic E-state index is 0.104. The molecule has 0 bridgehead atoms. The monoisotopic (exact) mass is 582 g/mol. The number of hydrogen-bond donors (Lipinski definition) is 4. The van der Waals surface area contributed by atoms with E-state index >= 15 is 0 Å². The third kappa shape index (κ3) is 10.1. The number of unbranched alkanes of at least 4 members (excludes halogenated alkanes) is 1. The molecule has 1 aromatic carbocycles. The highest BCUT2D eigenvalue weighted by Gasteiger charge is 2.19. The van der Waals surface area contributed by atoms with Gasteiger partial charge < -0.3 is 21.3 Å². The first-order valence-corrected chi connectivity index (χ1v) is 14.5. The molecule has 1 aromatic rings. The van der Waals surface area contributed by atoms with Gasteiger partial charge in [-0.25, -0.2) is 0 Å². The van der Waals surface area contributed by atoms with Gasteiger partial charge in [-0.2, -0.15) is 0 Å². The van der Waals surface area contributed by atoms with Crippen molar-refractivity contribution in [2.75, 3.05) is 11.5 Å². The van der Waals surface area contributed by atoms with E-state index in [1.54, 1.807) is 0 Å². The van der Waals surface area contributed by atoms with E-state index in [4.69, 9.17) is 10.8 Å². The lowest BCUT2D eigenvalue weighted by Crippen LogP contribution is -2.34. The number of hydrogen-bond acceptors (Lipinski definition) is 6. The van der Waals surface area contributed by atoms with Crippen LogP contribution in [-0.4, -0.2) is 39.3 Å². The van der Waals surface area contributed by atoms with E-state index in [0.717, 1.165) is 70.5 Å². The van der Waals surface area contributed by atoms with Crippen LogP contribution in [-0.2, 0) is 11.3 Å². The Hall–Kier alpha value is 0.0700. The normalized spacial score (nSPS) is 23.6. The maximum Gasteiger partial charge on any atom is 0.303 e. The number of carboxylic acids is 1. The summed E-state index contributed by atoms with van der Waals surface area (Å²) in [4.78, 5) is 10.2. The van der Waals surface area contributed by atoms with E-state index in [9.17, 15) is 9.90 Å². The Labute approximate surface area is 204 Å². The van der Waals surface area contributed by atoms with Crippen molar-refractivity contribution in [1.82, 2.24) is 5.32 Å². The first kappa shape index (κ1) is 26.3. The van der Waals surface area contributed by atoms with E-state index in [1.807, 2.05) is 33.7 Å². The lowest BCUT2D eigenvalue weighted by molar-refractivity contribution is -0.137. The molecule has 0 aromatic heterocycles. The largest absolute Gasteiger partial charge is 0.481 e. The molecule has 0 amide bonds. The topological polar surface area (TPSA) is 95.6 Å². The van der Waals surface area contributed by atoms with Crippen LogP contribution >= 0.6 is 53.4 Å². The molecule has 3 rings (SSSR count). The molecule has 0 radical (unpaired) electrons. The molecule has 1 aliphatic heterocycles. The fourth-order valence-corrected chi connectivity index (χ4v) is 7.87. The average molecular weight is 584 g/mol. The lowest BCUT2D eigenvalue weighted by Gasteiger charge is -2.26. The first-order chi connectivity index (χ1) is 14.3. The second-order valence-corrected chi connectivity index (χ2v) is 12.4. The van der Waals surface area contributed by atoms with E-state index in [1.165, 1.54) is 18.6 Å². The summed E-state index contributed by atoms with van der Waals surface area (Å²) in [6.07, 6.45) is 8.53. The van der Waals surface area contributed by atoms with Gasteiger partial charge in [0, 0.05) is 39.0 Å². The van der Waals surface area contributed by atoms with Gasteiger partial charge in [0.05, 0.1) is 11.8 Å². The molecule has 1 saturated heterocycles. The second-order valence-electron chi connectivity index (χ2n) is 7.82. The molecule has 0 spiro atoms. The molecule has 5 N–H and O–H groups in total. The molecular weight excluding hydrogens is 552 g/mol. The number of anilines is 1. The molecule has 1 aliphatic carbocycles. The minimum Gasteiger partial charge on any atom is -0.481 e. The molecule has 0 unspecified atom stereocenters. The summed E-state index contributed by atoms with van der Waals surface area (Å²) < 4.78 is 1.95. The highest BCUT2D eigenvalue weighted by Crippen LogP contribution is 2.39. The van der Waals surface area contributed by atoms with Crippen molar-refractivity contribution in [2.45, 2.75) is 81.7 Å². The molecule has 1 saturated carbocycles. The summed E-state index contributed by atoms with van der Waals surface area (Å²) in [6, 6.07) is 4.49. The van der Waals surface area contributed by atoms with Gasteiger partial charge in [-0.1, -0.05) is 43.9 Å². The van der Waals surface area contributed by atoms with E-state index in [-0.39, 0.29) is 6.10 Å². The van der Waals surface area contributed by atoms with Gasteiger partial charge in [0.15, 0.2) is 0 Å². The number of nitrogens with one attached hydrogen (secondary N) is 1. The Bertz CT molecular complexity index is 668. The van der Waals surface area contributed by atoms with Crippen molar-refractivity contribution in [3.8, 4) is 0 Å². The Balaban J connectivity index is 0.000000232. The Morgan fingerprint density at radius 2 is 1.90 bits per heavy atom. The van der Waals surface area contributed by atoms with Gasteiger partial charge in [0.2, 0.25) is 0 Å². The number of aliphatic hydroxyl groups is 1. The summed E-state index contributed by atoms with van der Waals surface area (Å²) in [5.74, 6) is 0.609. The average Bonchev–Trinajstić information content (AvgIpc) is 3.22. The van der Waals surface area contributed by atoms with E-state index in [0.29, 0.717) is 12.5 Å². The lowest BCUT2D eigenvalue weighted by atomic mass is 9.93. The highest BCUT2D eigenvalue weighted by atomic mass is 79.9. The maximum atomic E-state index is 10.2. The molecular formula is C21H32Br2N2O3S2. The molecule has 1 atom stereocenters. The van der Waals surface area contributed by atoms with Crippen LogP contribution < -0.4 is 11.1 Å². The quantitative estimate of drug-likeness (QED) is 0.170. The Morgan fingerprint density at radius 1 is 1.17 bits per heavy atom. The van der Waals surface area contributed by atoms with Crippen molar-refractivity contribution < 1.29 is 15.0 Å². The van der Waals surface area contributed by atoms with Gasteiger partial charge in [-0.3, -0.25) is 4.79 Å². The highest BCUT2D eigenvalue weighted by molar-refractivity contribution is 9.11. The van der Waals surface area contributed by atoms with Gasteiger partial charge in [0.25, 0.3) is 0 Å². The summed E-state index contributed by atoms with van der Waals surface area (Å²) in [7, 11) is 3.92. The van der Waals surface area contributed by atoms with Gasteiger partial charge >= 0.3 is 5.97 Å². The summed E-state index contributed by atoms with van der Waals surface area (Å²) in [5.41, 5.74) is 7.93. The van der Waals surface area contributed by atoms with Crippen LogP contribution in [0.3, 0.4) is 0 Å². The van der Waals surface area contributed by atoms with Crippen LogP contribution in [0.1, 0.15) is 63.4 Å². The number of carbonyl (C=O) groups is 1. The molecule has 9 heteroatoms. The van der Waals surface area contributed by atoms with Crippen molar-refractivity contribution in [1.29, 1.82) is 0 Å². The van der Waals surface area contributed by atoms with Crippen LogP contribution in [0.4, 0.5) is 5.69 Å². The van der Waals surface area contributed by atoms with Gasteiger partial charge in [-0.15, -0.1) is 0 Å². The van der Waals surface area contributed by atoms with E-state index < -0.39 is 5.97 Å². The number of nitrogen functional groups attached to an aromatic ring is 1. The fraction of sp³-hybridized carbons (Fsp3) is 0.667. The van der Waals surface area contributed by atoms with Crippen molar-refractivity contribution in [3.63, 3.8) is 0 Å². The molecule has 30 heavy (non-hydrogen) atoms. The zero-order valence-corrected chi connectivity index (χ0v) is 21.9. The number of aliphatic carboxylic acids is 1. The van der Waals surface area contributed by atoms with Crippen LogP contribution in [0.2, 0.25) is 0 Å². The zero-order chi connectivity index (χ0) is 21.9. The first-order valence-electron chi connectivity index (χ1n) is 10.5. The molecule has 5 nitrogen and oxygen atoms in total. The van der Waals surface area contributed by atoms with Crippen molar-refractivity contribution in [3.05, 3.63) is 26.6 Å². The predicted molar refractivity (Wildman–Crippen MR) is 136 cm³/mol. The molecule has 2 fully saturated rings. The van der Waals surface area contributed by atoms with Crippen molar-refractivity contribution >= 4 is 65.1 Å². The molecule has 1 heterocycles. The Morgan fingerprint density at radius 3 is 2.53 bits per heavy atom. The Kier molecular flexibility index (Phi) is 12.5. The third-order valence-corrected chi connectivity index (χ3v) is 9.47. The van der Waals surface area contributed by atoms with Crippen LogP contribution in [0, 0.1) is 0 Å². The van der Waals surface area contributed by atoms with Crippen LogP contribution in [0.15, 0.2) is 21.1 Å². The van der Waals surface area contributed by atoms with Crippen LogP contribution in [0.25, 0.3) is 0 Å². The van der Waals surface area contributed by atoms with Crippen molar-refractivity contribution in [2.24, 2.45) is 0 Å². The smallest absolute Gasteiger partial charge is 0.303 e. The third-order valence-electron chi connectivity index (χ3n) is 5.35. The summed E-state index contributed by atoms with van der Waals surface area (Å²) in [6.45, 7) is 0.768. The minimum atomic E-state index is -0.663. The van der Waals surface area contributed by atoms with E-state index in [2.05, 4.69) is 37.2 Å². The second kappa shape index (κ2) is 14.3. The number of rotatable bonds is 8. The standard InChI is InChI=1S/C13H18Br2N2O.C8H14O2S2/c14-9-5-8(13(16)12(15)6-9)7-17-10-1-3-11(18)4-2-10;9-8(10)4-2-1-3-7-5-6-11-12-7/h5-6,10-11,17-18H,1-4,7,16H2;7H,1-6H2,(H,9,10)/t;7-/m.1/s1. The van der Waals surface area contributed by atoms with Gasteiger partial charge in [-0.05, 0) is 78.6 Å². The maximum absolute atomic E-state index is 10.2. The molecule has 170 valence electrons. The van der Waals surface area contributed by atoms with Gasteiger partial charge in [0.1, 0.15) is 0 Å². The SMILES string of the molecule is Nc1c(Br)cc(Br)cc1CNC1CCC(O)CC1.O=C(O)CCCC[C@@H]1CCSS1. The zero-order valence-electron chi connectivity index (χ0n) is 17.1. The predicted octanol–water partition coefficient (Wildman–Crippen LogP) is 5.97. The number of halogens is 2. The summed E-state index contributed by atoms with van der Waals surface area (Å²) >= 11 is 6.93. The number of carboxylic acid groups (broad SMARTS) is 1. The number of benzene rings is 1. The van der Waals surface area contributed by atoms with Crippen LogP contribution in [0.5, 0.6) is 0 Å². The number of nitrogens with two attached hydrogens (primary N) is 1.